The number of benzene rings is 4. The van der Waals surface area contributed by atoms with E-state index in [1.165, 1.54) is 30.3 Å². The molecule has 196 valence electrons. The van der Waals surface area contributed by atoms with E-state index in [4.69, 9.17) is 20.5 Å². The van der Waals surface area contributed by atoms with Gasteiger partial charge in [0.2, 0.25) is 5.75 Å². The lowest BCUT2D eigenvalue weighted by Crippen LogP contribution is -2.21. The molecule has 7 nitrogen and oxygen atoms in total. The fourth-order valence-corrected chi connectivity index (χ4v) is 5.29. The number of ether oxygens (including phenoxy) is 1. The summed E-state index contributed by atoms with van der Waals surface area (Å²) in [6.45, 7) is 1.85. The van der Waals surface area contributed by atoms with E-state index in [1.54, 1.807) is 36.4 Å². The standard InChI is InChI=1S/C30H23ClN2O5S/c1-20-13-15-24(16-14-20)39(35,36)38-29-26(31)18-21(19-27(29)37-2)17-25-28(22-9-5-3-6-10-22)32-33(30(25)34)23-11-7-4-8-12-23/h3-19H,1-2H3/b25-17-. The van der Waals surface area contributed by atoms with E-state index in [1.807, 2.05) is 55.5 Å². The van der Waals surface area contributed by atoms with Crippen LogP contribution >= 0.6 is 11.6 Å². The first kappa shape index (κ1) is 26.2. The van der Waals surface area contributed by atoms with Crippen LogP contribution in [0.5, 0.6) is 11.5 Å². The molecule has 0 fully saturated rings. The molecule has 0 bridgehead atoms. The van der Waals surface area contributed by atoms with Gasteiger partial charge in [0.25, 0.3) is 5.91 Å². The molecule has 0 saturated carbocycles. The van der Waals surface area contributed by atoms with Crippen LogP contribution in [0.25, 0.3) is 6.08 Å². The SMILES string of the molecule is COc1cc(/C=C2\C(=O)N(c3ccccc3)N=C2c2ccccc2)cc(Cl)c1OS(=O)(=O)c1ccc(C)cc1. The van der Waals surface area contributed by atoms with E-state index in [0.717, 1.165) is 11.1 Å². The minimum Gasteiger partial charge on any atom is -0.493 e. The van der Waals surface area contributed by atoms with Crippen molar-refractivity contribution in [1.29, 1.82) is 0 Å². The van der Waals surface area contributed by atoms with E-state index in [2.05, 4.69) is 5.10 Å². The Morgan fingerprint density at radius 2 is 1.54 bits per heavy atom. The Morgan fingerprint density at radius 1 is 0.897 bits per heavy atom. The average molecular weight is 559 g/mol. The number of halogens is 1. The van der Waals surface area contributed by atoms with E-state index in [0.29, 0.717) is 22.5 Å². The van der Waals surface area contributed by atoms with Crippen molar-refractivity contribution < 1.29 is 22.1 Å². The molecule has 0 spiro atoms. The summed E-state index contributed by atoms with van der Waals surface area (Å²) in [6.07, 6.45) is 1.64. The van der Waals surface area contributed by atoms with Gasteiger partial charge >= 0.3 is 10.1 Å². The minimum atomic E-state index is -4.17. The molecule has 0 N–H and O–H groups in total. The zero-order valence-electron chi connectivity index (χ0n) is 21.0. The van der Waals surface area contributed by atoms with Crippen LogP contribution in [-0.4, -0.2) is 27.1 Å². The topological polar surface area (TPSA) is 85.3 Å². The van der Waals surface area contributed by atoms with Crippen LogP contribution in [0.4, 0.5) is 5.69 Å². The van der Waals surface area contributed by atoms with Gasteiger partial charge in [-0.2, -0.15) is 18.5 Å². The van der Waals surface area contributed by atoms with Gasteiger partial charge in [-0.25, -0.2) is 0 Å². The summed E-state index contributed by atoms with van der Waals surface area (Å²) in [5, 5.41) is 5.97. The van der Waals surface area contributed by atoms with Crippen molar-refractivity contribution in [3.63, 3.8) is 0 Å². The predicted molar refractivity (Wildman–Crippen MR) is 152 cm³/mol. The third kappa shape index (κ3) is 5.43. The molecular formula is C30H23ClN2O5S. The summed E-state index contributed by atoms with van der Waals surface area (Å²) in [7, 11) is -2.79. The number of carbonyl (C=O) groups excluding carboxylic acids is 1. The first-order valence-electron chi connectivity index (χ1n) is 11.9. The monoisotopic (exact) mass is 558 g/mol. The van der Waals surface area contributed by atoms with Crippen LogP contribution in [0.3, 0.4) is 0 Å². The predicted octanol–water partition coefficient (Wildman–Crippen LogP) is 6.26. The normalized spacial score (nSPS) is 14.4. The molecule has 0 saturated heterocycles. The van der Waals surface area contributed by atoms with Gasteiger partial charge in [-0.05, 0) is 55.0 Å². The zero-order chi connectivity index (χ0) is 27.6. The molecule has 1 aliphatic heterocycles. The Labute approximate surface area is 231 Å². The molecular weight excluding hydrogens is 536 g/mol. The highest BCUT2D eigenvalue weighted by molar-refractivity contribution is 7.87. The van der Waals surface area contributed by atoms with Gasteiger partial charge in [-0.3, -0.25) is 4.79 Å². The number of nitrogens with zero attached hydrogens (tertiary/aromatic N) is 2. The molecule has 1 aliphatic rings. The van der Waals surface area contributed by atoms with Crippen molar-refractivity contribution in [3.8, 4) is 11.5 Å². The second-order valence-electron chi connectivity index (χ2n) is 8.71. The maximum atomic E-state index is 13.5. The summed E-state index contributed by atoms with van der Waals surface area (Å²) in [6, 6.07) is 27.8. The van der Waals surface area contributed by atoms with Crippen LogP contribution in [0.15, 0.2) is 113 Å². The van der Waals surface area contributed by atoms with Crippen molar-refractivity contribution in [2.75, 3.05) is 12.1 Å². The minimum absolute atomic E-state index is 0.000415. The summed E-state index contributed by atoms with van der Waals surface area (Å²) < 4.78 is 36.6. The number of aryl methyl sites for hydroxylation is 1. The number of anilines is 1. The molecule has 4 aromatic carbocycles. The van der Waals surface area contributed by atoms with E-state index < -0.39 is 10.1 Å². The van der Waals surface area contributed by atoms with Crippen molar-refractivity contribution in [2.24, 2.45) is 5.10 Å². The smallest absolute Gasteiger partial charge is 0.339 e. The Balaban J connectivity index is 1.55. The van der Waals surface area contributed by atoms with E-state index in [9.17, 15) is 13.2 Å². The molecule has 0 unspecified atom stereocenters. The Morgan fingerprint density at radius 3 is 2.18 bits per heavy atom. The maximum Gasteiger partial charge on any atom is 0.339 e. The van der Waals surface area contributed by atoms with E-state index in [-0.39, 0.29) is 27.3 Å². The summed E-state index contributed by atoms with van der Waals surface area (Å²) in [5.41, 5.74) is 3.62. The molecule has 0 radical (unpaired) electrons. The molecule has 0 atom stereocenters. The number of carbonyl (C=O) groups is 1. The number of rotatable bonds is 7. The van der Waals surface area contributed by atoms with Crippen molar-refractivity contribution >= 4 is 45.1 Å². The fourth-order valence-electron chi connectivity index (χ4n) is 4.03. The highest BCUT2D eigenvalue weighted by atomic mass is 35.5. The van der Waals surface area contributed by atoms with Crippen LogP contribution in [-0.2, 0) is 14.9 Å². The summed E-state index contributed by atoms with van der Waals surface area (Å²) >= 11 is 6.51. The maximum absolute atomic E-state index is 13.5. The lowest BCUT2D eigenvalue weighted by Gasteiger charge is -2.14. The van der Waals surface area contributed by atoms with Crippen LogP contribution < -0.4 is 13.9 Å². The van der Waals surface area contributed by atoms with Crippen LogP contribution in [0.2, 0.25) is 5.02 Å². The second kappa shape index (κ2) is 10.8. The average Bonchev–Trinajstić information content (AvgIpc) is 3.26. The summed E-state index contributed by atoms with van der Waals surface area (Å²) in [5.74, 6) is -0.381. The number of hydrazone groups is 1. The van der Waals surface area contributed by atoms with Crippen molar-refractivity contribution in [2.45, 2.75) is 11.8 Å². The largest absolute Gasteiger partial charge is 0.493 e. The Hall–Kier alpha value is -4.40. The molecule has 9 heteroatoms. The first-order valence-corrected chi connectivity index (χ1v) is 13.7. The number of methoxy groups -OCH3 is 1. The Bertz CT molecular complexity index is 1700. The Kier molecular flexibility index (Phi) is 7.24. The van der Waals surface area contributed by atoms with Crippen molar-refractivity contribution in [1.82, 2.24) is 0 Å². The fraction of sp³-hybridized carbons (Fsp3) is 0.0667. The number of amides is 1. The van der Waals surface area contributed by atoms with Crippen LogP contribution in [0, 0.1) is 6.92 Å². The number of hydrogen-bond acceptors (Lipinski definition) is 6. The van der Waals surface area contributed by atoms with Gasteiger partial charge in [-0.1, -0.05) is 77.8 Å². The molecule has 0 aromatic heterocycles. The third-order valence-electron chi connectivity index (χ3n) is 5.99. The highest BCUT2D eigenvalue weighted by Gasteiger charge is 2.32. The van der Waals surface area contributed by atoms with Crippen LogP contribution in [0.1, 0.15) is 16.7 Å². The quantitative estimate of drug-likeness (QED) is 0.197. The first-order chi connectivity index (χ1) is 18.8. The zero-order valence-corrected chi connectivity index (χ0v) is 22.6. The van der Waals surface area contributed by atoms with Crippen molar-refractivity contribution in [3.05, 3.63) is 124 Å². The van der Waals surface area contributed by atoms with Gasteiger partial charge < -0.3 is 8.92 Å². The molecule has 0 aliphatic carbocycles. The lowest BCUT2D eigenvalue weighted by atomic mass is 10.00. The lowest BCUT2D eigenvalue weighted by molar-refractivity contribution is -0.114. The third-order valence-corrected chi connectivity index (χ3v) is 7.51. The molecule has 1 amide bonds. The number of hydrogen-bond donors (Lipinski definition) is 0. The second-order valence-corrected chi connectivity index (χ2v) is 10.7. The van der Waals surface area contributed by atoms with Gasteiger partial charge in [0.15, 0.2) is 5.75 Å². The molecule has 5 rings (SSSR count). The van der Waals surface area contributed by atoms with Gasteiger partial charge in [-0.15, -0.1) is 0 Å². The van der Waals surface area contributed by atoms with Gasteiger partial charge in [0.05, 0.1) is 23.4 Å². The summed E-state index contributed by atoms with van der Waals surface area (Å²) in [4.78, 5) is 13.5. The van der Waals surface area contributed by atoms with Gasteiger partial charge in [0, 0.05) is 5.56 Å². The van der Waals surface area contributed by atoms with E-state index >= 15 is 0 Å². The molecule has 1 heterocycles. The molecule has 39 heavy (non-hydrogen) atoms. The van der Waals surface area contributed by atoms with Gasteiger partial charge in [0.1, 0.15) is 10.6 Å². The number of para-hydroxylation sites is 1. The highest BCUT2D eigenvalue weighted by Crippen LogP contribution is 2.39. The molecule has 4 aromatic rings.